The van der Waals surface area contributed by atoms with E-state index in [2.05, 4.69) is 21.2 Å². The second-order valence-corrected chi connectivity index (χ2v) is 15.5. The number of aliphatic carboxylic acids is 1. The smallest absolute Gasteiger partial charge is 0.306 e. The molecule has 3 aliphatic rings. The summed E-state index contributed by atoms with van der Waals surface area (Å²) in [5.41, 5.74) is 8.43. The molecular weight excluding hydrogens is 702 g/mol. The second kappa shape index (κ2) is 15.0. The number of nitriles is 1. The van der Waals surface area contributed by atoms with Crippen molar-refractivity contribution >= 4 is 40.3 Å². The van der Waals surface area contributed by atoms with E-state index in [-0.39, 0.29) is 11.8 Å². The molecular formula is C42H44ClN7O4. The number of benzene rings is 3. The van der Waals surface area contributed by atoms with Gasteiger partial charge >= 0.3 is 5.97 Å². The lowest BCUT2D eigenvalue weighted by Crippen LogP contribution is -2.36. The van der Waals surface area contributed by atoms with E-state index in [0.717, 1.165) is 104 Å². The molecule has 12 heteroatoms. The lowest BCUT2D eigenvalue weighted by molar-refractivity contribution is -0.143. The summed E-state index contributed by atoms with van der Waals surface area (Å²) < 4.78 is 8.15. The van der Waals surface area contributed by atoms with Gasteiger partial charge in [0.05, 0.1) is 27.9 Å². The quantitative estimate of drug-likeness (QED) is 0.155. The first kappa shape index (κ1) is 36.0. The molecule has 0 atom stereocenters. The van der Waals surface area contributed by atoms with Crippen LogP contribution in [0.2, 0.25) is 5.02 Å². The number of nitrogens with one attached hydrogen (secondary N) is 1. The Hall–Kier alpha value is -5.02. The second-order valence-electron chi connectivity index (χ2n) is 15.1. The number of carbonyl (C=O) groups excluding carboxylic acids is 1. The van der Waals surface area contributed by atoms with Crippen LogP contribution in [-0.4, -0.2) is 67.5 Å². The number of imidazole rings is 1. The summed E-state index contributed by atoms with van der Waals surface area (Å²) in [7, 11) is 1.89. The zero-order valence-electron chi connectivity index (χ0n) is 30.7. The lowest BCUT2D eigenvalue weighted by atomic mass is 9.81. The van der Waals surface area contributed by atoms with Gasteiger partial charge in [0.2, 0.25) is 5.89 Å². The normalized spacial score (nSPS) is 19.1. The summed E-state index contributed by atoms with van der Waals surface area (Å²) in [4.78, 5) is 39.6. The van der Waals surface area contributed by atoms with Crippen LogP contribution in [0, 0.1) is 30.1 Å². The van der Waals surface area contributed by atoms with Crippen LogP contribution in [0.3, 0.4) is 0 Å². The van der Waals surface area contributed by atoms with Crippen molar-refractivity contribution in [1.82, 2.24) is 24.3 Å². The van der Waals surface area contributed by atoms with Crippen molar-refractivity contribution in [3.63, 3.8) is 0 Å². The van der Waals surface area contributed by atoms with Crippen LogP contribution in [0.1, 0.15) is 77.2 Å². The maximum atomic E-state index is 13.7. The van der Waals surface area contributed by atoms with Gasteiger partial charge in [-0.15, -0.1) is 0 Å². The Balaban J connectivity index is 0.997. The minimum Gasteiger partial charge on any atom is -0.481 e. The van der Waals surface area contributed by atoms with Crippen molar-refractivity contribution in [2.75, 3.05) is 31.5 Å². The molecule has 1 amide bonds. The van der Waals surface area contributed by atoms with Crippen molar-refractivity contribution in [2.45, 2.75) is 65.0 Å². The molecule has 54 heavy (non-hydrogen) atoms. The molecule has 0 spiro atoms. The van der Waals surface area contributed by atoms with Crippen molar-refractivity contribution < 1.29 is 19.1 Å². The Labute approximate surface area is 319 Å². The molecule has 2 aromatic heterocycles. The van der Waals surface area contributed by atoms with Gasteiger partial charge in [0, 0.05) is 56.5 Å². The Morgan fingerprint density at radius 1 is 1.00 bits per heavy atom. The largest absolute Gasteiger partial charge is 0.481 e. The van der Waals surface area contributed by atoms with Gasteiger partial charge in [-0.3, -0.25) is 19.4 Å². The number of fused-ring (bicyclic) bond motifs is 2. The van der Waals surface area contributed by atoms with E-state index < -0.39 is 5.97 Å². The molecule has 1 aliphatic carbocycles. The maximum absolute atomic E-state index is 13.7. The third-order valence-corrected chi connectivity index (χ3v) is 12.0. The molecule has 1 saturated heterocycles. The van der Waals surface area contributed by atoms with Crippen molar-refractivity contribution in [2.24, 2.45) is 18.9 Å². The van der Waals surface area contributed by atoms with Gasteiger partial charge in [-0.1, -0.05) is 35.9 Å². The van der Waals surface area contributed by atoms with E-state index in [4.69, 9.17) is 26.0 Å². The van der Waals surface area contributed by atoms with E-state index in [1.54, 1.807) is 6.07 Å². The minimum absolute atomic E-state index is 0.216. The number of amides is 1. The lowest BCUT2D eigenvalue weighted by Gasteiger charge is -2.33. The van der Waals surface area contributed by atoms with E-state index in [0.29, 0.717) is 51.6 Å². The predicted octanol–water partition coefficient (Wildman–Crippen LogP) is 7.83. The number of oxazole rings is 1. The fourth-order valence-electron chi connectivity index (χ4n) is 8.65. The number of carboxylic acid groups (broad SMARTS) is 1. The summed E-state index contributed by atoms with van der Waals surface area (Å²) in [6, 6.07) is 17.7. The molecule has 5 aromatic rings. The number of anilines is 1. The van der Waals surface area contributed by atoms with E-state index >= 15 is 0 Å². The Bertz CT molecular complexity index is 2290. The molecule has 2 N–H and O–H groups in total. The van der Waals surface area contributed by atoms with E-state index in [1.165, 1.54) is 12.8 Å². The van der Waals surface area contributed by atoms with Gasteiger partial charge in [0.25, 0.3) is 5.91 Å². The number of rotatable bonds is 9. The number of nitrogens with zero attached hydrogens (tertiary/aromatic N) is 6. The summed E-state index contributed by atoms with van der Waals surface area (Å²) in [5.74, 6) is 0.0204. The zero-order valence-corrected chi connectivity index (χ0v) is 31.5. The average molecular weight is 746 g/mol. The molecule has 278 valence electrons. The summed E-state index contributed by atoms with van der Waals surface area (Å²) >= 11 is 7.05. The SMILES string of the molecule is Cc1c(-c2nc3cc(CN4CCCC4)cc(C#N)c3o2)cccc1-c1cccc(NC(=O)c2nc3c(n2C)CCN(CC2CCC(C(=O)O)CC2)C3)c1Cl. The predicted molar refractivity (Wildman–Crippen MR) is 207 cm³/mol. The summed E-state index contributed by atoms with van der Waals surface area (Å²) in [6.45, 7) is 7.37. The first-order valence-corrected chi connectivity index (χ1v) is 19.3. The van der Waals surface area contributed by atoms with Crippen LogP contribution in [0.5, 0.6) is 0 Å². The number of aromatic nitrogens is 3. The van der Waals surface area contributed by atoms with Crippen LogP contribution in [0.15, 0.2) is 52.9 Å². The molecule has 8 rings (SSSR count). The van der Waals surface area contributed by atoms with Crippen LogP contribution in [-0.2, 0) is 31.4 Å². The van der Waals surface area contributed by atoms with Gasteiger partial charge < -0.3 is 19.4 Å². The fraction of sp³-hybridized carbons (Fsp3) is 0.405. The number of halogens is 1. The topological polar surface area (TPSA) is 141 Å². The van der Waals surface area contributed by atoms with Crippen molar-refractivity contribution in [1.29, 1.82) is 5.26 Å². The first-order valence-electron chi connectivity index (χ1n) is 18.9. The minimum atomic E-state index is -0.679. The third-order valence-electron chi connectivity index (χ3n) is 11.6. The summed E-state index contributed by atoms with van der Waals surface area (Å²) in [6.07, 6.45) is 6.53. The molecule has 4 heterocycles. The molecule has 0 unspecified atom stereocenters. The number of hydrogen-bond acceptors (Lipinski definition) is 8. The molecule has 3 aromatic carbocycles. The van der Waals surface area contributed by atoms with Gasteiger partial charge in [-0.25, -0.2) is 9.97 Å². The summed E-state index contributed by atoms with van der Waals surface area (Å²) in [5, 5.41) is 22.8. The highest BCUT2D eigenvalue weighted by Gasteiger charge is 2.30. The third kappa shape index (κ3) is 7.02. The van der Waals surface area contributed by atoms with Gasteiger partial charge in [0.15, 0.2) is 11.4 Å². The Kier molecular flexibility index (Phi) is 10.0. The zero-order chi connectivity index (χ0) is 37.5. The highest BCUT2D eigenvalue weighted by molar-refractivity contribution is 6.36. The number of hydrogen-bond donors (Lipinski definition) is 2. The highest BCUT2D eigenvalue weighted by atomic mass is 35.5. The van der Waals surface area contributed by atoms with Gasteiger partial charge in [-0.05, 0) is 105 Å². The van der Waals surface area contributed by atoms with E-state index in [1.807, 2.05) is 61.0 Å². The van der Waals surface area contributed by atoms with Crippen LogP contribution in [0.25, 0.3) is 33.7 Å². The fourth-order valence-corrected chi connectivity index (χ4v) is 8.93. The van der Waals surface area contributed by atoms with Crippen LogP contribution in [0.4, 0.5) is 5.69 Å². The average Bonchev–Trinajstić information content (AvgIpc) is 3.92. The first-order chi connectivity index (χ1) is 26.2. The molecule has 1 saturated carbocycles. The maximum Gasteiger partial charge on any atom is 0.306 e. The standard InChI is InChI=1S/C42H44ClN7O4/c1-25-30(7-5-8-31(25)41-47-34-20-27(23-49-16-3-4-17-49)19-29(21-44)38(34)54-41)32-9-6-10-33(37(32)43)46-40(51)39-45-35-24-50(18-15-36(35)48(39)2)22-26-11-13-28(14-12-26)42(52)53/h5-10,19-20,26,28H,3-4,11-18,22-24H2,1-2H3,(H,46,51)(H,52,53). The molecule has 2 aliphatic heterocycles. The Morgan fingerprint density at radius 2 is 1.74 bits per heavy atom. The van der Waals surface area contributed by atoms with Gasteiger partial charge in [0.1, 0.15) is 11.6 Å². The number of carbonyl (C=O) groups is 2. The molecule has 0 bridgehead atoms. The van der Waals surface area contributed by atoms with Crippen LogP contribution >= 0.6 is 11.6 Å². The van der Waals surface area contributed by atoms with Crippen molar-refractivity contribution in [3.05, 3.63) is 87.5 Å². The highest BCUT2D eigenvalue weighted by Crippen LogP contribution is 2.39. The monoisotopic (exact) mass is 745 g/mol. The Morgan fingerprint density at radius 3 is 2.50 bits per heavy atom. The molecule has 2 fully saturated rings. The van der Waals surface area contributed by atoms with Crippen LogP contribution < -0.4 is 5.32 Å². The number of carboxylic acids is 1. The van der Waals surface area contributed by atoms with E-state index in [9.17, 15) is 20.0 Å². The number of likely N-dealkylation sites (tertiary alicyclic amines) is 1. The molecule has 11 nitrogen and oxygen atoms in total. The molecule has 0 radical (unpaired) electrons. The van der Waals surface area contributed by atoms with Gasteiger partial charge in [-0.2, -0.15) is 5.26 Å². The van der Waals surface area contributed by atoms with Crippen molar-refractivity contribution in [3.8, 4) is 28.7 Å².